The molecule has 7 nitrogen and oxygen atoms in total. The van der Waals surface area contributed by atoms with Gasteiger partial charge in [0.25, 0.3) is 0 Å². The number of carbonyl (C=O) groups excluding carboxylic acids is 1. The molecule has 8 heteroatoms. The Labute approximate surface area is 192 Å². The van der Waals surface area contributed by atoms with Crippen LogP contribution in [-0.4, -0.2) is 49.5 Å². The number of hydrogen-bond donors (Lipinski definition) is 1. The fourth-order valence-electron chi connectivity index (χ4n) is 3.06. The lowest BCUT2D eigenvalue weighted by Crippen LogP contribution is -2.27. The first-order valence-electron chi connectivity index (χ1n) is 10.1. The largest absolute Gasteiger partial charge is 0.497 e. The summed E-state index contributed by atoms with van der Waals surface area (Å²) in [6.07, 6.45) is 0.699. The fraction of sp³-hybridized carbons (Fsp3) is 0.292. The van der Waals surface area contributed by atoms with Crippen molar-refractivity contribution in [3.05, 3.63) is 59.8 Å². The summed E-state index contributed by atoms with van der Waals surface area (Å²) in [4.78, 5) is 21.4. The molecule has 0 unspecified atom stereocenters. The molecule has 2 aromatic carbocycles. The molecular formula is C24H27N3O4S. The van der Waals surface area contributed by atoms with E-state index in [1.165, 1.54) is 11.8 Å². The van der Waals surface area contributed by atoms with Gasteiger partial charge < -0.3 is 19.5 Å². The highest BCUT2D eigenvalue weighted by molar-refractivity contribution is 7.99. The number of carbonyl (C=O) groups is 1. The lowest BCUT2D eigenvalue weighted by molar-refractivity contribution is -0.118. The van der Waals surface area contributed by atoms with E-state index in [1.54, 1.807) is 21.3 Å². The Hall–Kier alpha value is -3.26. The Morgan fingerprint density at radius 1 is 0.938 bits per heavy atom. The fourth-order valence-corrected chi connectivity index (χ4v) is 3.84. The van der Waals surface area contributed by atoms with E-state index < -0.39 is 0 Å². The molecular weight excluding hydrogens is 426 g/mol. The molecule has 1 N–H and O–H groups in total. The molecule has 3 rings (SSSR count). The minimum atomic E-state index is -0.0438. The monoisotopic (exact) mass is 453 g/mol. The highest BCUT2D eigenvalue weighted by Crippen LogP contribution is 2.27. The van der Waals surface area contributed by atoms with E-state index in [-0.39, 0.29) is 11.7 Å². The predicted molar refractivity (Wildman–Crippen MR) is 126 cm³/mol. The maximum Gasteiger partial charge on any atom is 0.230 e. The van der Waals surface area contributed by atoms with Crippen LogP contribution in [0, 0.1) is 6.92 Å². The highest BCUT2D eigenvalue weighted by Gasteiger charge is 2.09. The van der Waals surface area contributed by atoms with E-state index in [1.807, 2.05) is 55.5 Å². The van der Waals surface area contributed by atoms with E-state index in [4.69, 9.17) is 14.2 Å². The number of thioether (sulfide) groups is 1. The zero-order chi connectivity index (χ0) is 22.9. The molecule has 0 aliphatic carbocycles. The summed E-state index contributed by atoms with van der Waals surface area (Å²) in [6, 6.07) is 15.2. The van der Waals surface area contributed by atoms with Gasteiger partial charge in [-0.3, -0.25) is 4.79 Å². The molecule has 0 bridgehead atoms. The number of amides is 1. The lowest BCUT2D eigenvalue weighted by atomic mass is 10.1. The van der Waals surface area contributed by atoms with Crippen molar-refractivity contribution in [1.29, 1.82) is 0 Å². The Morgan fingerprint density at radius 3 is 2.38 bits per heavy atom. The summed E-state index contributed by atoms with van der Waals surface area (Å²) >= 11 is 1.39. The van der Waals surface area contributed by atoms with Crippen molar-refractivity contribution in [2.75, 3.05) is 33.6 Å². The van der Waals surface area contributed by atoms with Gasteiger partial charge in [-0.15, -0.1) is 0 Å². The van der Waals surface area contributed by atoms with Crippen molar-refractivity contribution in [3.8, 4) is 28.6 Å². The second-order valence-electron chi connectivity index (χ2n) is 6.98. The number of aryl methyl sites for hydroxylation is 1. The standard InChI is InChI=1S/C24H27N3O4S/c1-16-13-23(27-24(26-16)18-6-8-19(29-2)9-7-18)32-15-22(28)25-12-11-17-5-10-20(30-3)21(14-17)31-4/h5-10,13-14H,11-12,15H2,1-4H3,(H,25,28). The van der Waals surface area contributed by atoms with Crippen LogP contribution in [0.3, 0.4) is 0 Å². The molecule has 0 atom stereocenters. The molecule has 32 heavy (non-hydrogen) atoms. The third kappa shape index (κ3) is 6.37. The van der Waals surface area contributed by atoms with Crippen LogP contribution < -0.4 is 19.5 Å². The van der Waals surface area contributed by atoms with Gasteiger partial charge in [-0.2, -0.15) is 0 Å². The summed E-state index contributed by atoms with van der Waals surface area (Å²) in [7, 11) is 4.84. The zero-order valence-corrected chi connectivity index (χ0v) is 19.5. The Bertz CT molecular complexity index is 1060. The molecule has 0 fully saturated rings. The Balaban J connectivity index is 1.53. The zero-order valence-electron chi connectivity index (χ0n) is 18.7. The average Bonchev–Trinajstić information content (AvgIpc) is 2.82. The van der Waals surface area contributed by atoms with Gasteiger partial charge in [0.1, 0.15) is 10.8 Å². The first-order chi connectivity index (χ1) is 15.5. The number of methoxy groups -OCH3 is 3. The smallest absolute Gasteiger partial charge is 0.230 e. The van der Waals surface area contributed by atoms with Crippen LogP contribution in [0.4, 0.5) is 0 Å². The number of benzene rings is 2. The molecule has 0 saturated heterocycles. The van der Waals surface area contributed by atoms with E-state index in [0.717, 1.165) is 27.6 Å². The summed E-state index contributed by atoms with van der Waals surface area (Å²) in [5, 5.41) is 3.71. The van der Waals surface area contributed by atoms with Gasteiger partial charge in [-0.25, -0.2) is 9.97 Å². The molecule has 0 spiro atoms. The van der Waals surface area contributed by atoms with Crippen molar-refractivity contribution in [3.63, 3.8) is 0 Å². The summed E-state index contributed by atoms with van der Waals surface area (Å²) in [5.74, 6) is 3.01. The van der Waals surface area contributed by atoms with E-state index in [0.29, 0.717) is 30.3 Å². The normalized spacial score (nSPS) is 10.5. The van der Waals surface area contributed by atoms with E-state index >= 15 is 0 Å². The van der Waals surface area contributed by atoms with Crippen LogP contribution in [-0.2, 0) is 11.2 Å². The lowest BCUT2D eigenvalue weighted by Gasteiger charge is -2.10. The molecule has 0 radical (unpaired) electrons. The van der Waals surface area contributed by atoms with Gasteiger partial charge in [-0.1, -0.05) is 17.8 Å². The first-order valence-corrected chi connectivity index (χ1v) is 11.1. The molecule has 1 heterocycles. The van der Waals surface area contributed by atoms with E-state index in [2.05, 4.69) is 15.3 Å². The molecule has 0 aliphatic rings. The van der Waals surface area contributed by atoms with Crippen LogP contribution in [0.25, 0.3) is 11.4 Å². The molecule has 0 aliphatic heterocycles. The molecule has 0 saturated carbocycles. The van der Waals surface area contributed by atoms with Crippen LogP contribution in [0.1, 0.15) is 11.3 Å². The minimum Gasteiger partial charge on any atom is -0.497 e. The number of rotatable bonds is 10. The van der Waals surface area contributed by atoms with Gasteiger partial charge >= 0.3 is 0 Å². The van der Waals surface area contributed by atoms with Gasteiger partial charge in [0, 0.05) is 17.8 Å². The number of nitrogens with one attached hydrogen (secondary N) is 1. The molecule has 1 amide bonds. The van der Waals surface area contributed by atoms with Crippen LogP contribution >= 0.6 is 11.8 Å². The highest BCUT2D eigenvalue weighted by atomic mass is 32.2. The van der Waals surface area contributed by atoms with Gasteiger partial charge in [-0.05, 0) is 61.4 Å². The summed E-state index contributed by atoms with van der Waals surface area (Å²) < 4.78 is 15.8. The van der Waals surface area contributed by atoms with Crippen molar-refractivity contribution < 1.29 is 19.0 Å². The van der Waals surface area contributed by atoms with Crippen LogP contribution in [0.2, 0.25) is 0 Å². The first kappa shape index (κ1) is 23.4. The maximum atomic E-state index is 12.3. The predicted octanol–water partition coefficient (Wildman–Crippen LogP) is 3.93. The van der Waals surface area contributed by atoms with Crippen LogP contribution in [0.15, 0.2) is 53.6 Å². The van der Waals surface area contributed by atoms with Crippen molar-refractivity contribution in [2.24, 2.45) is 0 Å². The van der Waals surface area contributed by atoms with Crippen molar-refractivity contribution in [1.82, 2.24) is 15.3 Å². The number of aromatic nitrogens is 2. The van der Waals surface area contributed by atoms with Gasteiger partial charge in [0.15, 0.2) is 17.3 Å². The van der Waals surface area contributed by atoms with Crippen molar-refractivity contribution >= 4 is 17.7 Å². The second kappa shape index (κ2) is 11.4. The molecule has 168 valence electrons. The third-order valence-corrected chi connectivity index (χ3v) is 5.63. The van der Waals surface area contributed by atoms with Crippen molar-refractivity contribution in [2.45, 2.75) is 18.4 Å². The SMILES string of the molecule is COc1ccc(-c2nc(C)cc(SCC(=O)NCCc3ccc(OC)c(OC)c3)n2)cc1. The molecule has 3 aromatic rings. The second-order valence-corrected chi connectivity index (χ2v) is 7.97. The Morgan fingerprint density at radius 2 is 1.69 bits per heavy atom. The van der Waals surface area contributed by atoms with Gasteiger partial charge in [0.05, 0.1) is 27.1 Å². The topological polar surface area (TPSA) is 82.6 Å². The van der Waals surface area contributed by atoms with Crippen LogP contribution in [0.5, 0.6) is 17.2 Å². The average molecular weight is 454 g/mol. The quantitative estimate of drug-likeness (QED) is 0.368. The third-order valence-electron chi connectivity index (χ3n) is 4.71. The Kier molecular flexibility index (Phi) is 8.33. The number of hydrogen-bond acceptors (Lipinski definition) is 7. The van der Waals surface area contributed by atoms with E-state index in [9.17, 15) is 4.79 Å². The number of nitrogens with zero attached hydrogens (tertiary/aromatic N) is 2. The number of ether oxygens (including phenoxy) is 3. The minimum absolute atomic E-state index is 0.0438. The molecule has 1 aromatic heterocycles. The summed E-state index contributed by atoms with van der Waals surface area (Å²) in [5.41, 5.74) is 2.81. The maximum absolute atomic E-state index is 12.3. The van der Waals surface area contributed by atoms with Gasteiger partial charge in [0.2, 0.25) is 5.91 Å². The summed E-state index contributed by atoms with van der Waals surface area (Å²) in [6.45, 7) is 2.46.